The summed E-state index contributed by atoms with van der Waals surface area (Å²) < 4.78 is 0. The van der Waals surface area contributed by atoms with Gasteiger partial charge in [-0.15, -0.1) is 0 Å². The van der Waals surface area contributed by atoms with Crippen LogP contribution in [-0.2, 0) is 0 Å². The van der Waals surface area contributed by atoms with E-state index < -0.39 is 0 Å². The van der Waals surface area contributed by atoms with E-state index in [1.807, 2.05) is 12.1 Å². The van der Waals surface area contributed by atoms with Gasteiger partial charge in [0.15, 0.2) is 0 Å². The predicted molar refractivity (Wildman–Crippen MR) is 87.0 cm³/mol. The molecular weight excluding hydrogens is 268 g/mol. The molecule has 2 nitrogen and oxygen atoms in total. The Balaban J connectivity index is 2.26. The van der Waals surface area contributed by atoms with Gasteiger partial charge in [-0.05, 0) is 30.4 Å². The van der Waals surface area contributed by atoms with Crippen LogP contribution in [0.4, 0.5) is 0 Å². The van der Waals surface area contributed by atoms with Gasteiger partial charge in [0.25, 0.3) is 0 Å². The quantitative estimate of drug-likeness (QED) is 0.850. The molecule has 20 heavy (non-hydrogen) atoms. The average molecular weight is 295 g/mol. The summed E-state index contributed by atoms with van der Waals surface area (Å²) in [4.78, 5) is 2.61. The standard InChI is InChI=1S/C17H27ClN2/c1-13(2)12-20(14-7-3-4-8-14)17(11-19)15-9-5-6-10-16(15)18/h5-6,9-10,13-14,17H,3-4,7-8,11-12,19H2,1-2H3. The molecule has 1 saturated carbocycles. The second-order valence-corrected chi connectivity index (χ2v) is 6.71. The highest BCUT2D eigenvalue weighted by atomic mass is 35.5. The smallest absolute Gasteiger partial charge is 0.0488 e. The highest BCUT2D eigenvalue weighted by Crippen LogP contribution is 2.34. The van der Waals surface area contributed by atoms with Crippen molar-refractivity contribution in [2.75, 3.05) is 13.1 Å². The Morgan fingerprint density at radius 3 is 2.45 bits per heavy atom. The van der Waals surface area contributed by atoms with Gasteiger partial charge in [-0.3, -0.25) is 4.90 Å². The summed E-state index contributed by atoms with van der Waals surface area (Å²) in [7, 11) is 0. The molecule has 0 aromatic heterocycles. The molecule has 0 amide bonds. The summed E-state index contributed by atoms with van der Waals surface area (Å²) in [5, 5.41) is 0.842. The molecule has 1 aromatic carbocycles. The molecule has 0 heterocycles. The average Bonchev–Trinajstić information content (AvgIpc) is 2.94. The third-order valence-electron chi connectivity index (χ3n) is 4.26. The van der Waals surface area contributed by atoms with Crippen molar-refractivity contribution in [3.8, 4) is 0 Å². The van der Waals surface area contributed by atoms with Gasteiger partial charge in [0, 0.05) is 30.2 Å². The van der Waals surface area contributed by atoms with Crippen LogP contribution >= 0.6 is 11.6 Å². The molecule has 1 aliphatic rings. The first-order valence-corrected chi connectivity index (χ1v) is 8.21. The van der Waals surface area contributed by atoms with Crippen LogP contribution in [0.2, 0.25) is 5.02 Å². The molecule has 1 aromatic rings. The molecule has 0 spiro atoms. The Kier molecular flexibility index (Phi) is 5.88. The van der Waals surface area contributed by atoms with Crippen molar-refractivity contribution >= 4 is 11.6 Å². The zero-order valence-corrected chi connectivity index (χ0v) is 13.4. The van der Waals surface area contributed by atoms with Gasteiger partial charge in [-0.2, -0.15) is 0 Å². The summed E-state index contributed by atoms with van der Waals surface area (Å²) in [5.74, 6) is 0.645. The van der Waals surface area contributed by atoms with E-state index in [0.717, 1.165) is 11.6 Å². The van der Waals surface area contributed by atoms with Crippen LogP contribution in [0.15, 0.2) is 24.3 Å². The van der Waals surface area contributed by atoms with Crippen molar-refractivity contribution in [1.29, 1.82) is 0 Å². The van der Waals surface area contributed by atoms with E-state index in [9.17, 15) is 0 Å². The monoisotopic (exact) mass is 294 g/mol. The molecule has 1 aliphatic carbocycles. The largest absolute Gasteiger partial charge is 0.329 e. The Morgan fingerprint density at radius 2 is 1.90 bits per heavy atom. The lowest BCUT2D eigenvalue weighted by molar-refractivity contribution is 0.121. The first kappa shape index (κ1) is 15.8. The fourth-order valence-corrected chi connectivity index (χ4v) is 3.64. The Bertz CT molecular complexity index is 413. The van der Waals surface area contributed by atoms with Crippen LogP contribution in [0.5, 0.6) is 0 Å². The van der Waals surface area contributed by atoms with E-state index in [0.29, 0.717) is 18.5 Å². The molecule has 0 bridgehead atoms. The highest BCUT2D eigenvalue weighted by Gasteiger charge is 2.30. The van der Waals surface area contributed by atoms with Crippen molar-refractivity contribution in [2.45, 2.75) is 51.6 Å². The minimum atomic E-state index is 0.245. The summed E-state index contributed by atoms with van der Waals surface area (Å²) >= 11 is 6.40. The molecule has 0 saturated heterocycles. The second kappa shape index (κ2) is 7.44. The van der Waals surface area contributed by atoms with Crippen molar-refractivity contribution in [2.24, 2.45) is 11.7 Å². The Morgan fingerprint density at radius 1 is 1.25 bits per heavy atom. The molecular formula is C17H27ClN2. The minimum absolute atomic E-state index is 0.245. The van der Waals surface area contributed by atoms with Crippen molar-refractivity contribution in [1.82, 2.24) is 4.90 Å². The number of hydrogen-bond donors (Lipinski definition) is 1. The third kappa shape index (κ3) is 3.75. The van der Waals surface area contributed by atoms with E-state index in [2.05, 4.69) is 30.9 Å². The molecule has 0 aliphatic heterocycles. The van der Waals surface area contributed by atoms with E-state index in [1.54, 1.807) is 0 Å². The fraction of sp³-hybridized carbons (Fsp3) is 0.647. The number of hydrogen-bond acceptors (Lipinski definition) is 2. The molecule has 2 rings (SSSR count). The Labute approximate surface area is 128 Å². The maximum absolute atomic E-state index is 6.40. The summed E-state index contributed by atoms with van der Waals surface area (Å²) in [6, 6.07) is 9.06. The summed E-state index contributed by atoms with van der Waals surface area (Å²) in [6.45, 7) is 6.29. The van der Waals surface area contributed by atoms with Crippen LogP contribution in [-0.4, -0.2) is 24.0 Å². The van der Waals surface area contributed by atoms with Gasteiger partial charge in [-0.25, -0.2) is 0 Å². The van der Waals surface area contributed by atoms with Crippen molar-refractivity contribution in [3.05, 3.63) is 34.9 Å². The van der Waals surface area contributed by atoms with Gasteiger partial charge >= 0.3 is 0 Å². The van der Waals surface area contributed by atoms with Crippen molar-refractivity contribution < 1.29 is 0 Å². The molecule has 0 radical (unpaired) electrons. The maximum atomic E-state index is 6.40. The van der Waals surface area contributed by atoms with Crippen molar-refractivity contribution in [3.63, 3.8) is 0 Å². The lowest BCUT2D eigenvalue weighted by atomic mass is 10.0. The zero-order chi connectivity index (χ0) is 14.5. The molecule has 2 N–H and O–H groups in total. The molecule has 1 unspecified atom stereocenters. The highest BCUT2D eigenvalue weighted by molar-refractivity contribution is 6.31. The number of halogens is 1. The van der Waals surface area contributed by atoms with E-state index in [1.165, 1.54) is 31.2 Å². The zero-order valence-electron chi connectivity index (χ0n) is 12.7. The number of rotatable bonds is 6. The first-order chi connectivity index (χ1) is 9.63. The van der Waals surface area contributed by atoms with Gasteiger partial charge in [0.1, 0.15) is 0 Å². The predicted octanol–water partition coefficient (Wildman–Crippen LogP) is 4.24. The van der Waals surface area contributed by atoms with Gasteiger partial charge < -0.3 is 5.73 Å². The SMILES string of the molecule is CC(C)CN(C1CCCC1)C(CN)c1ccccc1Cl. The minimum Gasteiger partial charge on any atom is -0.329 e. The Hall–Kier alpha value is -0.570. The lowest BCUT2D eigenvalue weighted by Crippen LogP contribution is -2.42. The van der Waals surface area contributed by atoms with E-state index >= 15 is 0 Å². The summed E-state index contributed by atoms with van der Waals surface area (Å²) in [5.41, 5.74) is 7.30. The number of nitrogens with two attached hydrogens (primary N) is 1. The normalized spacial score (nSPS) is 18.1. The lowest BCUT2D eigenvalue weighted by Gasteiger charge is -2.37. The van der Waals surface area contributed by atoms with E-state index in [4.69, 9.17) is 17.3 Å². The van der Waals surface area contributed by atoms with Gasteiger partial charge in [-0.1, -0.05) is 56.5 Å². The van der Waals surface area contributed by atoms with E-state index in [-0.39, 0.29) is 6.04 Å². The van der Waals surface area contributed by atoms with Crippen LogP contribution in [0.1, 0.15) is 51.1 Å². The van der Waals surface area contributed by atoms with Crippen LogP contribution < -0.4 is 5.73 Å². The summed E-state index contributed by atoms with van der Waals surface area (Å²) in [6.07, 6.45) is 5.29. The van der Waals surface area contributed by atoms with Crippen LogP contribution in [0.25, 0.3) is 0 Å². The van der Waals surface area contributed by atoms with Gasteiger partial charge in [0.2, 0.25) is 0 Å². The topological polar surface area (TPSA) is 29.3 Å². The number of nitrogens with zero attached hydrogens (tertiary/aromatic N) is 1. The van der Waals surface area contributed by atoms with Crippen LogP contribution in [0.3, 0.4) is 0 Å². The molecule has 1 fully saturated rings. The first-order valence-electron chi connectivity index (χ1n) is 7.83. The molecule has 1 atom stereocenters. The number of benzene rings is 1. The molecule has 112 valence electrons. The third-order valence-corrected chi connectivity index (χ3v) is 4.60. The maximum Gasteiger partial charge on any atom is 0.0488 e. The van der Waals surface area contributed by atoms with Crippen LogP contribution in [0, 0.1) is 5.92 Å². The van der Waals surface area contributed by atoms with Gasteiger partial charge in [0.05, 0.1) is 0 Å². The molecule has 3 heteroatoms. The second-order valence-electron chi connectivity index (χ2n) is 6.30. The fourth-order valence-electron chi connectivity index (χ4n) is 3.37.